The summed E-state index contributed by atoms with van der Waals surface area (Å²) < 4.78 is 34.3. The van der Waals surface area contributed by atoms with Gasteiger partial charge in [-0.1, -0.05) is 72.8 Å². The molecule has 0 heterocycles. The van der Waals surface area contributed by atoms with E-state index in [1.54, 1.807) is 19.1 Å². The van der Waals surface area contributed by atoms with Gasteiger partial charge in [0.05, 0.1) is 6.61 Å². The predicted molar refractivity (Wildman–Crippen MR) is 132 cm³/mol. The summed E-state index contributed by atoms with van der Waals surface area (Å²) in [5.41, 5.74) is 6.07. The zero-order valence-electron chi connectivity index (χ0n) is 18.7. The molecule has 0 unspecified atom stereocenters. The molecule has 0 radical (unpaired) electrons. The van der Waals surface area contributed by atoms with Crippen LogP contribution in [0.15, 0.2) is 97.6 Å². The van der Waals surface area contributed by atoms with Crippen LogP contribution in [-0.2, 0) is 6.42 Å². The van der Waals surface area contributed by atoms with Crippen molar-refractivity contribution in [2.75, 3.05) is 6.61 Å². The fourth-order valence-electron chi connectivity index (χ4n) is 3.86. The van der Waals surface area contributed by atoms with E-state index in [1.807, 2.05) is 36.4 Å². The van der Waals surface area contributed by atoms with Gasteiger partial charge in [0.1, 0.15) is 5.82 Å². The van der Waals surface area contributed by atoms with Crippen LogP contribution < -0.4 is 4.74 Å². The second kappa shape index (κ2) is 10.3. The summed E-state index contributed by atoms with van der Waals surface area (Å²) in [6.45, 7) is 5.93. The lowest BCUT2D eigenvalue weighted by Gasteiger charge is -2.10. The second-order valence-electron chi connectivity index (χ2n) is 7.87. The second-order valence-corrected chi connectivity index (χ2v) is 7.87. The molecule has 0 aromatic heterocycles. The van der Waals surface area contributed by atoms with E-state index in [1.165, 1.54) is 23.8 Å². The van der Waals surface area contributed by atoms with Gasteiger partial charge in [0, 0.05) is 5.56 Å². The first-order chi connectivity index (χ1) is 16.1. The largest absolute Gasteiger partial charge is 0.491 e. The topological polar surface area (TPSA) is 9.23 Å². The van der Waals surface area contributed by atoms with Crippen molar-refractivity contribution < 1.29 is 13.5 Å². The summed E-state index contributed by atoms with van der Waals surface area (Å²) in [4.78, 5) is 0. The summed E-state index contributed by atoms with van der Waals surface area (Å²) in [5.74, 6) is -0.720. The van der Waals surface area contributed by atoms with E-state index in [0.29, 0.717) is 17.7 Å². The number of benzene rings is 4. The van der Waals surface area contributed by atoms with Crippen molar-refractivity contribution in [2.24, 2.45) is 0 Å². The van der Waals surface area contributed by atoms with Gasteiger partial charge >= 0.3 is 0 Å². The molecule has 3 heteroatoms. The maximum absolute atomic E-state index is 14.9. The Bertz CT molecular complexity index is 1240. The van der Waals surface area contributed by atoms with Gasteiger partial charge in [0.15, 0.2) is 11.6 Å². The lowest BCUT2D eigenvalue weighted by molar-refractivity contribution is 0.321. The van der Waals surface area contributed by atoms with Crippen LogP contribution in [0.25, 0.3) is 33.4 Å². The molecule has 0 aliphatic heterocycles. The monoisotopic (exact) mass is 440 g/mol. The summed E-state index contributed by atoms with van der Waals surface area (Å²) in [6, 6.07) is 26.2. The Labute approximate surface area is 194 Å². The molecule has 0 fully saturated rings. The zero-order valence-corrected chi connectivity index (χ0v) is 18.7. The minimum Gasteiger partial charge on any atom is -0.491 e. The Morgan fingerprint density at radius 2 is 1.24 bits per heavy atom. The Balaban J connectivity index is 1.53. The van der Waals surface area contributed by atoms with Crippen LogP contribution in [0.1, 0.15) is 18.9 Å². The minimum absolute atomic E-state index is 0.171. The summed E-state index contributed by atoms with van der Waals surface area (Å²) in [6.07, 6.45) is 3.89. The molecule has 33 heavy (non-hydrogen) atoms. The van der Waals surface area contributed by atoms with Crippen LogP contribution in [0.4, 0.5) is 8.78 Å². The Kier molecular flexibility index (Phi) is 6.99. The summed E-state index contributed by atoms with van der Waals surface area (Å²) >= 11 is 0. The van der Waals surface area contributed by atoms with Gasteiger partial charge in [0.2, 0.25) is 0 Å². The van der Waals surface area contributed by atoms with E-state index in [-0.39, 0.29) is 5.75 Å². The molecule has 0 aliphatic rings. The Hall–Kier alpha value is -3.72. The summed E-state index contributed by atoms with van der Waals surface area (Å²) in [5, 5.41) is 0. The third-order valence-corrected chi connectivity index (χ3v) is 5.65. The van der Waals surface area contributed by atoms with Gasteiger partial charge in [-0.3, -0.25) is 0 Å². The van der Waals surface area contributed by atoms with Crippen molar-refractivity contribution in [2.45, 2.75) is 19.8 Å². The normalized spacial score (nSPS) is 10.8. The van der Waals surface area contributed by atoms with Gasteiger partial charge in [0.25, 0.3) is 0 Å². The van der Waals surface area contributed by atoms with Crippen molar-refractivity contribution in [3.63, 3.8) is 0 Å². The molecule has 1 nitrogen and oxygen atoms in total. The third-order valence-electron chi connectivity index (χ3n) is 5.65. The number of halogens is 2. The van der Waals surface area contributed by atoms with Gasteiger partial charge < -0.3 is 4.74 Å². The fourth-order valence-corrected chi connectivity index (χ4v) is 3.86. The number of hydrogen-bond acceptors (Lipinski definition) is 1. The standard InChI is InChI=1S/C30H26F2O/c1-3-5-6-21-7-9-22(10-8-21)23-11-13-24(14-12-23)25-15-17-27(28(31)19-25)26-16-18-30(33-4-2)29(32)20-26/h3,7-20H,1,4-6H2,2H3. The van der Waals surface area contributed by atoms with Crippen LogP contribution in [0.3, 0.4) is 0 Å². The first kappa shape index (κ1) is 22.5. The average molecular weight is 441 g/mol. The van der Waals surface area contributed by atoms with Crippen LogP contribution in [0.2, 0.25) is 0 Å². The molecular weight excluding hydrogens is 414 g/mol. The SMILES string of the molecule is C=CCCc1ccc(-c2ccc(-c3ccc(-c4ccc(OCC)c(F)c4)c(F)c3)cc2)cc1. The smallest absolute Gasteiger partial charge is 0.165 e. The van der Waals surface area contributed by atoms with Crippen LogP contribution >= 0.6 is 0 Å². The highest BCUT2D eigenvalue weighted by Gasteiger charge is 2.11. The van der Waals surface area contributed by atoms with E-state index in [4.69, 9.17) is 4.74 Å². The van der Waals surface area contributed by atoms with Crippen molar-refractivity contribution >= 4 is 0 Å². The van der Waals surface area contributed by atoms with E-state index in [2.05, 4.69) is 30.8 Å². The van der Waals surface area contributed by atoms with E-state index >= 15 is 0 Å². The Morgan fingerprint density at radius 1 is 0.697 bits per heavy atom. The third kappa shape index (κ3) is 5.20. The van der Waals surface area contributed by atoms with Crippen molar-refractivity contribution in [1.82, 2.24) is 0 Å². The molecule has 166 valence electrons. The lowest BCUT2D eigenvalue weighted by atomic mass is 9.97. The highest BCUT2D eigenvalue weighted by atomic mass is 19.1. The van der Waals surface area contributed by atoms with Gasteiger partial charge in [-0.25, -0.2) is 8.78 Å². The molecular formula is C30H26F2O. The van der Waals surface area contributed by atoms with Crippen molar-refractivity contribution in [1.29, 1.82) is 0 Å². The first-order valence-corrected chi connectivity index (χ1v) is 11.1. The molecule has 0 saturated heterocycles. The molecule has 0 amide bonds. The number of ether oxygens (including phenoxy) is 1. The summed E-state index contributed by atoms with van der Waals surface area (Å²) in [7, 11) is 0. The molecule has 0 N–H and O–H groups in total. The maximum atomic E-state index is 14.9. The molecule has 0 atom stereocenters. The molecule has 4 rings (SSSR count). The molecule has 4 aromatic rings. The Morgan fingerprint density at radius 3 is 1.82 bits per heavy atom. The quantitative estimate of drug-likeness (QED) is 0.250. The highest BCUT2D eigenvalue weighted by Crippen LogP contribution is 2.31. The number of rotatable bonds is 8. The van der Waals surface area contributed by atoms with Crippen molar-refractivity contribution in [3.8, 4) is 39.1 Å². The van der Waals surface area contributed by atoms with Crippen LogP contribution in [-0.4, -0.2) is 6.61 Å². The molecule has 0 spiro atoms. The van der Waals surface area contributed by atoms with Crippen LogP contribution in [0, 0.1) is 11.6 Å². The molecule has 4 aromatic carbocycles. The average Bonchev–Trinajstić information content (AvgIpc) is 2.84. The maximum Gasteiger partial charge on any atom is 0.165 e. The minimum atomic E-state index is -0.498. The van der Waals surface area contributed by atoms with Gasteiger partial charge in [-0.05, 0) is 71.3 Å². The van der Waals surface area contributed by atoms with Crippen molar-refractivity contribution in [3.05, 3.63) is 115 Å². The fraction of sp³-hybridized carbons (Fsp3) is 0.133. The van der Waals surface area contributed by atoms with Crippen LogP contribution in [0.5, 0.6) is 5.75 Å². The van der Waals surface area contributed by atoms with E-state index in [9.17, 15) is 8.78 Å². The zero-order chi connectivity index (χ0) is 23.2. The van der Waals surface area contributed by atoms with E-state index in [0.717, 1.165) is 35.1 Å². The van der Waals surface area contributed by atoms with Gasteiger partial charge in [-0.15, -0.1) is 6.58 Å². The lowest BCUT2D eigenvalue weighted by Crippen LogP contribution is -1.95. The first-order valence-electron chi connectivity index (χ1n) is 11.1. The molecule has 0 bridgehead atoms. The molecule has 0 saturated carbocycles. The number of aryl methyl sites for hydroxylation is 1. The highest BCUT2D eigenvalue weighted by molar-refractivity contribution is 5.74. The number of hydrogen-bond donors (Lipinski definition) is 0. The van der Waals surface area contributed by atoms with Gasteiger partial charge in [-0.2, -0.15) is 0 Å². The predicted octanol–water partition coefficient (Wildman–Crippen LogP) is 8.48. The molecule has 0 aliphatic carbocycles. The number of allylic oxidation sites excluding steroid dienone is 1. The van der Waals surface area contributed by atoms with E-state index < -0.39 is 11.6 Å².